The maximum atomic E-state index is 10.0. The van der Waals surface area contributed by atoms with E-state index in [9.17, 15) is 4.79 Å². The largest absolute Gasteiger partial charge is 0.507 e. The fourth-order valence-electron chi connectivity index (χ4n) is 0.945. The number of hydrogen-bond acceptors (Lipinski definition) is 3. The van der Waals surface area contributed by atoms with Crippen LogP contribution >= 0.6 is 0 Å². The molecule has 1 rings (SSSR count). The van der Waals surface area contributed by atoms with Crippen LogP contribution in [0.1, 0.15) is 19.4 Å². The molecule has 17 heavy (non-hydrogen) atoms. The number of nitrogens with two attached hydrogens (primary N) is 1. The monoisotopic (exact) mass is 237 g/mol. The van der Waals surface area contributed by atoms with Crippen LogP contribution in [0.5, 0.6) is 5.75 Å². The predicted molar refractivity (Wildman–Crippen MR) is 68.6 cm³/mol. The van der Waals surface area contributed by atoms with Crippen molar-refractivity contribution in [3.05, 3.63) is 36.4 Å². The standard InChI is InChI=1S/C8H8O.C5H11NO2/c1-2-7-5-3-4-6-8(7)9;1-3(2)4(6)5(7)8/h2-6,9H,1H2;3-4H,6H2,1-2H3,(H,7,8)/t;4-/m.0/s1. The number of benzene rings is 1. The Morgan fingerprint density at radius 3 is 2.18 bits per heavy atom. The molecule has 1 aromatic rings. The van der Waals surface area contributed by atoms with E-state index in [2.05, 4.69) is 6.58 Å². The van der Waals surface area contributed by atoms with Gasteiger partial charge in [0.2, 0.25) is 0 Å². The quantitative estimate of drug-likeness (QED) is 0.751. The molecule has 0 aliphatic heterocycles. The minimum absolute atomic E-state index is 0.0208. The lowest BCUT2D eigenvalue weighted by atomic mass is 10.1. The zero-order chi connectivity index (χ0) is 13.4. The first-order chi connectivity index (χ1) is 7.90. The first-order valence-corrected chi connectivity index (χ1v) is 5.29. The van der Waals surface area contributed by atoms with Crippen LogP contribution in [-0.4, -0.2) is 22.2 Å². The van der Waals surface area contributed by atoms with Crippen LogP contribution in [0, 0.1) is 5.92 Å². The second kappa shape index (κ2) is 7.46. The van der Waals surface area contributed by atoms with Crippen molar-refractivity contribution in [2.24, 2.45) is 11.7 Å². The van der Waals surface area contributed by atoms with E-state index in [0.717, 1.165) is 5.56 Å². The summed E-state index contributed by atoms with van der Waals surface area (Å²) in [5.41, 5.74) is 5.94. The number of para-hydroxylation sites is 1. The van der Waals surface area contributed by atoms with Crippen molar-refractivity contribution in [2.45, 2.75) is 19.9 Å². The molecule has 0 fully saturated rings. The maximum absolute atomic E-state index is 10.0. The van der Waals surface area contributed by atoms with E-state index in [1.807, 2.05) is 12.1 Å². The summed E-state index contributed by atoms with van der Waals surface area (Å²) in [5, 5.41) is 17.3. The van der Waals surface area contributed by atoms with Gasteiger partial charge in [0.15, 0.2) is 0 Å². The first-order valence-electron chi connectivity index (χ1n) is 5.29. The van der Waals surface area contributed by atoms with Crippen LogP contribution < -0.4 is 5.73 Å². The topological polar surface area (TPSA) is 83.5 Å². The Morgan fingerprint density at radius 1 is 1.41 bits per heavy atom. The molecule has 0 spiro atoms. The Balaban J connectivity index is 0.000000304. The number of phenols is 1. The van der Waals surface area contributed by atoms with Gasteiger partial charge >= 0.3 is 5.97 Å². The minimum Gasteiger partial charge on any atom is -0.507 e. The molecular weight excluding hydrogens is 218 g/mol. The molecular formula is C13H19NO3. The average molecular weight is 237 g/mol. The van der Waals surface area contributed by atoms with Gasteiger partial charge in [-0.2, -0.15) is 0 Å². The van der Waals surface area contributed by atoms with Crippen LogP contribution in [0.4, 0.5) is 0 Å². The number of phenolic OH excluding ortho intramolecular Hbond substituents is 1. The molecule has 4 N–H and O–H groups in total. The van der Waals surface area contributed by atoms with Gasteiger partial charge in [0, 0.05) is 5.56 Å². The van der Waals surface area contributed by atoms with Crippen LogP contribution in [0.2, 0.25) is 0 Å². The molecule has 94 valence electrons. The highest BCUT2D eigenvalue weighted by molar-refractivity contribution is 5.73. The zero-order valence-electron chi connectivity index (χ0n) is 10.1. The van der Waals surface area contributed by atoms with E-state index < -0.39 is 12.0 Å². The van der Waals surface area contributed by atoms with Gasteiger partial charge < -0.3 is 15.9 Å². The maximum Gasteiger partial charge on any atom is 0.320 e. The van der Waals surface area contributed by atoms with E-state index in [1.54, 1.807) is 32.1 Å². The fraction of sp³-hybridized carbons (Fsp3) is 0.308. The number of hydrogen-bond donors (Lipinski definition) is 3. The molecule has 0 radical (unpaired) electrons. The van der Waals surface area contributed by atoms with Gasteiger partial charge in [-0.3, -0.25) is 4.79 Å². The summed E-state index contributed by atoms with van der Waals surface area (Å²) in [5.74, 6) is -0.625. The first kappa shape index (κ1) is 15.2. The molecule has 0 aromatic heterocycles. The number of rotatable bonds is 3. The van der Waals surface area contributed by atoms with Crippen molar-refractivity contribution in [2.75, 3.05) is 0 Å². The highest BCUT2D eigenvalue weighted by atomic mass is 16.4. The Hall–Kier alpha value is -1.81. The SMILES string of the molecule is C=Cc1ccccc1O.CC(C)[C@H](N)C(=O)O. The fourth-order valence-corrected chi connectivity index (χ4v) is 0.945. The summed E-state index contributed by atoms with van der Waals surface area (Å²) in [6, 6.07) is 6.37. The molecule has 0 amide bonds. The Labute approximate surface area is 101 Å². The molecule has 1 atom stereocenters. The lowest BCUT2D eigenvalue weighted by Gasteiger charge is -2.07. The Morgan fingerprint density at radius 2 is 1.94 bits per heavy atom. The molecule has 0 unspecified atom stereocenters. The van der Waals surface area contributed by atoms with E-state index in [-0.39, 0.29) is 11.7 Å². The van der Waals surface area contributed by atoms with Gasteiger partial charge in [0.05, 0.1) is 0 Å². The van der Waals surface area contributed by atoms with Crippen molar-refractivity contribution in [1.82, 2.24) is 0 Å². The summed E-state index contributed by atoms with van der Waals surface area (Å²) < 4.78 is 0. The zero-order valence-corrected chi connectivity index (χ0v) is 10.1. The Kier molecular flexibility index (Phi) is 6.67. The van der Waals surface area contributed by atoms with Crippen LogP contribution in [-0.2, 0) is 4.79 Å². The van der Waals surface area contributed by atoms with Gasteiger partial charge in [0.1, 0.15) is 11.8 Å². The molecule has 0 aliphatic carbocycles. The molecule has 0 heterocycles. The predicted octanol–water partition coefficient (Wildman–Crippen LogP) is 2.09. The van der Waals surface area contributed by atoms with E-state index in [1.165, 1.54) is 0 Å². The van der Waals surface area contributed by atoms with E-state index in [0.29, 0.717) is 0 Å². The third kappa shape index (κ3) is 5.73. The lowest BCUT2D eigenvalue weighted by molar-refractivity contribution is -0.139. The number of aromatic hydroxyl groups is 1. The summed E-state index contributed by atoms with van der Waals surface area (Å²) in [7, 11) is 0. The molecule has 0 aliphatic rings. The van der Waals surface area contributed by atoms with Crippen molar-refractivity contribution < 1.29 is 15.0 Å². The summed E-state index contributed by atoms with van der Waals surface area (Å²) in [4.78, 5) is 10.0. The second-order valence-electron chi connectivity index (χ2n) is 3.87. The van der Waals surface area contributed by atoms with Crippen LogP contribution in [0.15, 0.2) is 30.8 Å². The highest BCUT2D eigenvalue weighted by Crippen LogP contribution is 2.15. The van der Waals surface area contributed by atoms with Crippen molar-refractivity contribution in [3.63, 3.8) is 0 Å². The lowest BCUT2D eigenvalue weighted by Crippen LogP contribution is -2.34. The van der Waals surface area contributed by atoms with Gasteiger partial charge in [-0.15, -0.1) is 0 Å². The highest BCUT2D eigenvalue weighted by Gasteiger charge is 2.14. The molecule has 1 aromatic carbocycles. The molecule has 0 bridgehead atoms. The summed E-state index contributed by atoms with van der Waals surface area (Å²) >= 11 is 0. The number of carboxylic acid groups (broad SMARTS) is 1. The number of aliphatic carboxylic acids is 1. The van der Waals surface area contributed by atoms with Crippen LogP contribution in [0.25, 0.3) is 6.08 Å². The summed E-state index contributed by atoms with van der Waals surface area (Å²) in [6.07, 6.45) is 1.62. The molecule has 4 heteroatoms. The third-order valence-corrected chi connectivity index (χ3v) is 2.16. The molecule has 4 nitrogen and oxygen atoms in total. The minimum atomic E-state index is -0.931. The molecule has 0 saturated carbocycles. The van der Waals surface area contributed by atoms with E-state index in [4.69, 9.17) is 15.9 Å². The Bertz CT molecular complexity index is 375. The van der Waals surface area contributed by atoms with Gasteiger partial charge in [0.25, 0.3) is 0 Å². The van der Waals surface area contributed by atoms with Gasteiger partial charge in [-0.1, -0.05) is 44.7 Å². The van der Waals surface area contributed by atoms with Crippen molar-refractivity contribution in [1.29, 1.82) is 0 Å². The number of carbonyl (C=O) groups is 1. The van der Waals surface area contributed by atoms with Crippen LogP contribution in [0.3, 0.4) is 0 Å². The van der Waals surface area contributed by atoms with Gasteiger partial charge in [-0.05, 0) is 12.0 Å². The second-order valence-corrected chi connectivity index (χ2v) is 3.87. The number of carboxylic acids is 1. The average Bonchev–Trinajstić information content (AvgIpc) is 2.29. The third-order valence-electron chi connectivity index (χ3n) is 2.16. The van der Waals surface area contributed by atoms with Crippen molar-refractivity contribution in [3.8, 4) is 5.75 Å². The van der Waals surface area contributed by atoms with Gasteiger partial charge in [-0.25, -0.2) is 0 Å². The van der Waals surface area contributed by atoms with E-state index >= 15 is 0 Å². The smallest absolute Gasteiger partial charge is 0.320 e. The van der Waals surface area contributed by atoms with Crippen molar-refractivity contribution >= 4 is 12.0 Å². The normalized spacial score (nSPS) is 11.3. The summed E-state index contributed by atoms with van der Waals surface area (Å²) in [6.45, 7) is 7.08. The molecule has 0 saturated heterocycles.